The van der Waals surface area contributed by atoms with Gasteiger partial charge < -0.3 is 10.1 Å². The molecular weight excluding hydrogens is 428 g/mol. The van der Waals surface area contributed by atoms with E-state index < -0.39 is 29.1 Å². The molecule has 2 aromatic rings. The van der Waals surface area contributed by atoms with Crippen LogP contribution in [-0.4, -0.2) is 29.1 Å². The molecule has 9 heteroatoms. The van der Waals surface area contributed by atoms with E-state index in [-0.39, 0.29) is 17.2 Å². The van der Waals surface area contributed by atoms with Gasteiger partial charge in [-0.05, 0) is 57.0 Å². The minimum Gasteiger partial charge on any atom is -0.493 e. The van der Waals surface area contributed by atoms with Gasteiger partial charge in [0.2, 0.25) is 0 Å². The maximum atomic E-state index is 13.8. The number of amides is 3. The minimum absolute atomic E-state index is 0.193. The zero-order valence-electron chi connectivity index (χ0n) is 18.1. The highest BCUT2D eigenvalue weighted by Crippen LogP contribution is 2.24. The molecule has 0 aromatic heterocycles. The fraction of sp³-hybridized carbons (Fsp3) is 0.364. The van der Waals surface area contributed by atoms with Gasteiger partial charge in [-0.2, -0.15) is 0 Å². The van der Waals surface area contributed by atoms with Crippen LogP contribution in [0.25, 0.3) is 0 Å². The van der Waals surface area contributed by atoms with Gasteiger partial charge in [-0.15, -0.1) is 0 Å². The van der Waals surface area contributed by atoms with Crippen molar-refractivity contribution in [3.63, 3.8) is 0 Å². The summed E-state index contributed by atoms with van der Waals surface area (Å²) in [7, 11) is 0. The molecule has 0 atom stereocenters. The van der Waals surface area contributed by atoms with Gasteiger partial charge in [-0.25, -0.2) is 24.0 Å². The van der Waals surface area contributed by atoms with E-state index >= 15 is 0 Å². The molecule has 0 spiro atoms. The third-order valence-corrected chi connectivity index (χ3v) is 4.18. The summed E-state index contributed by atoms with van der Waals surface area (Å²) in [6.07, 6.45) is 0. The van der Waals surface area contributed by atoms with Gasteiger partial charge in [0.1, 0.15) is 17.4 Å². The van der Waals surface area contributed by atoms with Gasteiger partial charge in [-0.3, -0.25) is 4.79 Å². The third-order valence-electron chi connectivity index (χ3n) is 3.97. The van der Waals surface area contributed by atoms with Crippen LogP contribution < -0.4 is 15.5 Å². The lowest BCUT2D eigenvalue weighted by Crippen LogP contribution is -2.56. The summed E-state index contributed by atoms with van der Waals surface area (Å²) in [5.41, 5.74) is 1.39. The molecule has 3 amide bonds. The highest BCUT2D eigenvalue weighted by Gasteiger charge is 2.30. The topological polar surface area (TPSA) is 70.7 Å². The highest BCUT2D eigenvalue weighted by molar-refractivity contribution is 6.31. The number of hydrazine groups is 1. The average Bonchev–Trinajstić information content (AvgIpc) is 2.65. The van der Waals surface area contributed by atoms with Crippen LogP contribution in [0.1, 0.15) is 45.0 Å². The Hall–Kier alpha value is -2.87. The number of carbonyl (C=O) groups is 2. The number of nitrogens with zero attached hydrogens (tertiary/aromatic N) is 1. The van der Waals surface area contributed by atoms with Crippen molar-refractivity contribution >= 4 is 29.2 Å². The number of hydrogen-bond acceptors (Lipinski definition) is 3. The first-order valence-electron chi connectivity index (χ1n) is 9.67. The number of carbonyl (C=O) groups excluding carboxylic acids is 2. The predicted molar refractivity (Wildman–Crippen MR) is 116 cm³/mol. The van der Waals surface area contributed by atoms with Gasteiger partial charge in [0, 0.05) is 16.7 Å². The Kier molecular flexibility index (Phi) is 7.84. The number of hydrogen-bond donors (Lipinski definition) is 2. The summed E-state index contributed by atoms with van der Waals surface area (Å²) in [5.74, 6) is -1.39. The highest BCUT2D eigenvalue weighted by atomic mass is 35.5. The maximum absolute atomic E-state index is 13.8. The standard InChI is InChI=1S/C22H26ClF2N3O3/c1-13(2)12-31-17-9-14(8-15(23)10-17)20(29)28(22(3,4)5)27-21(30)26-19-11-16(24)6-7-18(19)25/h6-11,13H,12H2,1-5H3,(H2,26,27,30). The molecule has 0 unspecified atom stereocenters. The maximum Gasteiger partial charge on any atom is 0.338 e. The Labute approximate surface area is 185 Å². The van der Waals surface area contributed by atoms with Crippen LogP contribution in [0, 0.1) is 17.6 Å². The Balaban J connectivity index is 2.25. The molecule has 2 rings (SSSR count). The normalized spacial score (nSPS) is 11.3. The lowest BCUT2D eigenvalue weighted by molar-refractivity contribution is 0.0460. The van der Waals surface area contributed by atoms with Crippen LogP contribution in [0.2, 0.25) is 5.02 Å². The molecule has 0 bridgehead atoms. The fourth-order valence-corrected chi connectivity index (χ4v) is 2.75. The molecule has 31 heavy (non-hydrogen) atoms. The molecule has 2 aromatic carbocycles. The van der Waals surface area contributed by atoms with Crippen LogP contribution in [0.15, 0.2) is 36.4 Å². The van der Waals surface area contributed by atoms with Crippen molar-refractivity contribution < 1.29 is 23.1 Å². The lowest BCUT2D eigenvalue weighted by atomic mass is 10.1. The molecule has 2 N–H and O–H groups in total. The van der Waals surface area contributed by atoms with Gasteiger partial charge in [0.15, 0.2) is 0 Å². The number of halogens is 3. The zero-order chi connectivity index (χ0) is 23.3. The van der Waals surface area contributed by atoms with E-state index in [4.69, 9.17) is 16.3 Å². The predicted octanol–water partition coefficient (Wildman–Crippen LogP) is 5.63. The number of rotatable bonds is 5. The molecule has 168 valence electrons. The van der Waals surface area contributed by atoms with Crippen molar-refractivity contribution in [3.8, 4) is 5.75 Å². The smallest absolute Gasteiger partial charge is 0.338 e. The van der Waals surface area contributed by atoms with Gasteiger partial charge in [0.25, 0.3) is 5.91 Å². The molecule has 0 saturated carbocycles. The first-order chi connectivity index (χ1) is 14.4. The molecule has 0 fully saturated rings. The van der Waals surface area contributed by atoms with Crippen molar-refractivity contribution in [2.75, 3.05) is 11.9 Å². The summed E-state index contributed by atoms with van der Waals surface area (Å²) < 4.78 is 32.8. The van der Waals surface area contributed by atoms with E-state index in [2.05, 4.69) is 10.7 Å². The van der Waals surface area contributed by atoms with E-state index in [1.165, 1.54) is 12.1 Å². The first-order valence-corrected chi connectivity index (χ1v) is 10.0. The second kappa shape index (κ2) is 9.96. The van der Waals surface area contributed by atoms with Gasteiger partial charge in [0.05, 0.1) is 17.8 Å². The summed E-state index contributed by atoms with van der Waals surface area (Å²) in [4.78, 5) is 25.6. The molecule has 0 saturated heterocycles. The summed E-state index contributed by atoms with van der Waals surface area (Å²) in [6.45, 7) is 9.53. The molecule has 0 aliphatic rings. The van der Waals surface area contributed by atoms with Crippen molar-refractivity contribution in [2.24, 2.45) is 5.92 Å². The number of ether oxygens (including phenoxy) is 1. The number of anilines is 1. The van der Waals surface area contributed by atoms with Crippen molar-refractivity contribution in [1.82, 2.24) is 10.4 Å². The monoisotopic (exact) mass is 453 g/mol. The Morgan fingerprint density at radius 1 is 1.13 bits per heavy atom. The quantitative estimate of drug-likeness (QED) is 0.576. The van der Waals surface area contributed by atoms with Gasteiger partial charge >= 0.3 is 6.03 Å². The molecule has 0 heterocycles. The average molecular weight is 454 g/mol. The van der Waals surface area contributed by atoms with E-state index in [1.54, 1.807) is 26.8 Å². The Morgan fingerprint density at radius 3 is 2.42 bits per heavy atom. The SMILES string of the molecule is CC(C)COc1cc(Cl)cc(C(=O)N(NC(=O)Nc2cc(F)ccc2F)C(C)(C)C)c1. The summed E-state index contributed by atoms with van der Waals surface area (Å²) >= 11 is 6.15. The van der Waals surface area contributed by atoms with E-state index in [0.29, 0.717) is 17.4 Å². The van der Waals surface area contributed by atoms with Crippen LogP contribution in [0.4, 0.5) is 19.3 Å². The second-order valence-corrected chi connectivity index (χ2v) is 8.82. The minimum atomic E-state index is -0.911. The van der Waals surface area contributed by atoms with Crippen molar-refractivity contribution in [2.45, 2.75) is 40.2 Å². The zero-order valence-corrected chi connectivity index (χ0v) is 18.8. The molecule has 0 radical (unpaired) electrons. The van der Waals surface area contributed by atoms with E-state index in [1.807, 2.05) is 13.8 Å². The van der Waals surface area contributed by atoms with Crippen LogP contribution in [-0.2, 0) is 0 Å². The van der Waals surface area contributed by atoms with E-state index in [0.717, 1.165) is 23.2 Å². The summed E-state index contributed by atoms with van der Waals surface area (Å²) in [5, 5.41) is 3.58. The lowest BCUT2D eigenvalue weighted by Gasteiger charge is -2.35. The first kappa shape index (κ1) is 24.4. The number of nitrogens with one attached hydrogen (secondary N) is 2. The van der Waals surface area contributed by atoms with Crippen molar-refractivity contribution in [1.29, 1.82) is 0 Å². The second-order valence-electron chi connectivity index (χ2n) is 8.38. The molecular formula is C22H26ClF2N3O3. The van der Waals surface area contributed by atoms with Crippen molar-refractivity contribution in [3.05, 3.63) is 58.6 Å². The Morgan fingerprint density at radius 2 is 1.81 bits per heavy atom. The Bertz CT molecular complexity index is 962. The molecule has 0 aliphatic heterocycles. The summed E-state index contributed by atoms with van der Waals surface area (Å²) in [6, 6.07) is 6.33. The molecule has 6 nitrogen and oxygen atoms in total. The molecule has 0 aliphatic carbocycles. The van der Waals surface area contributed by atoms with Crippen LogP contribution in [0.5, 0.6) is 5.75 Å². The van der Waals surface area contributed by atoms with Gasteiger partial charge in [-0.1, -0.05) is 25.4 Å². The fourth-order valence-electron chi connectivity index (χ4n) is 2.53. The third kappa shape index (κ3) is 7.10. The largest absolute Gasteiger partial charge is 0.493 e. The number of benzene rings is 2. The van der Waals surface area contributed by atoms with Crippen LogP contribution >= 0.6 is 11.6 Å². The number of urea groups is 1. The van der Waals surface area contributed by atoms with E-state index in [9.17, 15) is 18.4 Å². The van der Waals surface area contributed by atoms with Crippen LogP contribution in [0.3, 0.4) is 0 Å².